The number of rotatable bonds is 5. The van der Waals surface area contributed by atoms with Gasteiger partial charge in [-0.05, 0) is 30.7 Å². The molecule has 0 saturated carbocycles. The Kier molecular flexibility index (Phi) is 4.30. The highest BCUT2D eigenvalue weighted by Gasteiger charge is 2.45. The molecule has 0 spiro atoms. The quantitative estimate of drug-likeness (QED) is 0.506. The second-order valence-electron chi connectivity index (χ2n) is 7.81. The van der Waals surface area contributed by atoms with Crippen LogP contribution in [-0.4, -0.2) is 51.2 Å². The lowest BCUT2D eigenvalue weighted by Gasteiger charge is -2.32. The lowest BCUT2D eigenvalue weighted by molar-refractivity contribution is -0.127. The average Bonchev–Trinajstić information content (AvgIpc) is 3.50. The summed E-state index contributed by atoms with van der Waals surface area (Å²) >= 11 is 1.46. The summed E-state index contributed by atoms with van der Waals surface area (Å²) in [6, 6.07) is 10.2. The molecule has 0 radical (unpaired) electrons. The highest BCUT2D eigenvalue weighted by molar-refractivity contribution is 7.20. The number of furan rings is 1. The molecular formula is C21H19N5O4S. The molecule has 2 aliphatic heterocycles. The van der Waals surface area contributed by atoms with Crippen molar-refractivity contribution in [2.45, 2.75) is 25.0 Å². The number of hydrogen-bond acceptors (Lipinski definition) is 9. The van der Waals surface area contributed by atoms with E-state index in [1.807, 2.05) is 30.3 Å². The Morgan fingerprint density at radius 1 is 1.29 bits per heavy atom. The van der Waals surface area contributed by atoms with Crippen LogP contribution >= 0.6 is 11.3 Å². The summed E-state index contributed by atoms with van der Waals surface area (Å²) < 4.78 is 12.7. The van der Waals surface area contributed by atoms with Gasteiger partial charge in [0.15, 0.2) is 5.65 Å². The summed E-state index contributed by atoms with van der Waals surface area (Å²) in [7, 11) is 0. The number of carbonyl (C=O) groups is 1. The van der Waals surface area contributed by atoms with Gasteiger partial charge in [-0.15, -0.1) is 5.06 Å². The number of hydrogen-bond donors (Lipinski definition) is 1. The Labute approximate surface area is 180 Å². The fourth-order valence-electron chi connectivity index (χ4n) is 4.50. The van der Waals surface area contributed by atoms with Crippen LogP contribution < -0.4 is 10.5 Å². The minimum atomic E-state index is -0.750. The fraction of sp³-hybridized carbons (Fsp3) is 0.286. The number of thiazole rings is 1. The van der Waals surface area contributed by atoms with Crippen molar-refractivity contribution >= 4 is 38.7 Å². The predicted molar refractivity (Wildman–Crippen MR) is 114 cm³/mol. The van der Waals surface area contributed by atoms with E-state index in [1.54, 1.807) is 17.5 Å². The number of primary amides is 1. The summed E-state index contributed by atoms with van der Waals surface area (Å²) in [5.41, 5.74) is 7.73. The van der Waals surface area contributed by atoms with Gasteiger partial charge < -0.3 is 19.7 Å². The maximum Gasteiger partial charge on any atom is 0.423 e. The molecule has 9 nitrogen and oxygen atoms in total. The molecule has 5 heterocycles. The second kappa shape index (κ2) is 7.19. The molecule has 6 rings (SSSR count). The molecule has 0 unspecified atom stereocenters. The Bertz CT molecular complexity index is 1250. The minimum Gasteiger partial charge on any atom is -0.464 e. The van der Waals surface area contributed by atoms with Crippen molar-refractivity contribution in [3.63, 3.8) is 0 Å². The van der Waals surface area contributed by atoms with Crippen LogP contribution in [-0.2, 0) is 11.4 Å². The maximum absolute atomic E-state index is 11.0. The molecule has 4 aromatic rings. The van der Waals surface area contributed by atoms with Gasteiger partial charge in [0.05, 0.1) is 23.5 Å². The van der Waals surface area contributed by atoms with Gasteiger partial charge in [0.2, 0.25) is 0 Å². The zero-order valence-corrected chi connectivity index (χ0v) is 17.2. The van der Waals surface area contributed by atoms with Crippen molar-refractivity contribution in [3.8, 4) is 10.9 Å². The Hall–Kier alpha value is -3.21. The van der Waals surface area contributed by atoms with Crippen molar-refractivity contribution < 1.29 is 18.8 Å². The van der Waals surface area contributed by atoms with Gasteiger partial charge in [0.25, 0.3) is 5.19 Å². The number of fused-ring (bicyclic) bond motifs is 4. The molecular weight excluding hydrogens is 418 g/mol. The lowest BCUT2D eigenvalue weighted by atomic mass is 10.1. The molecule has 2 bridgehead atoms. The van der Waals surface area contributed by atoms with Gasteiger partial charge in [0.1, 0.15) is 11.3 Å². The summed E-state index contributed by atoms with van der Waals surface area (Å²) in [6.45, 7) is 2.29. The van der Waals surface area contributed by atoms with E-state index in [1.165, 1.54) is 11.3 Å². The molecule has 2 saturated heterocycles. The number of carbonyl (C=O) groups excluding carboxylic acids is 1. The number of hydroxylamine groups is 2. The van der Waals surface area contributed by atoms with Gasteiger partial charge in [-0.1, -0.05) is 11.3 Å². The van der Waals surface area contributed by atoms with Crippen LogP contribution in [0.3, 0.4) is 0 Å². The van der Waals surface area contributed by atoms with Gasteiger partial charge >= 0.3 is 6.09 Å². The summed E-state index contributed by atoms with van der Waals surface area (Å²) in [5, 5.41) is 3.32. The predicted octanol–water partition coefficient (Wildman–Crippen LogP) is 3.50. The number of piperazine rings is 1. The number of benzene rings is 1. The zero-order chi connectivity index (χ0) is 20.9. The van der Waals surface area contributed by atoms with Crippen LogP contribution in [0.15, 0.2) is 47.2 Å². The maximum atomic E-state index is 11.0. The third-order valence-corrected chi connectivity index (χ3v) is 6.75. The first kappa shape index (κ1) is 18.6. The van der Waals surface area contributed by atoms with E-state index in [4.69, 9.17) is 19.7 Å². The standard InChI is InChI=1S/C21H19N5O4S/c22-20(27)30-26-10-13-6-14(26)9-25(13)8-12-11-28-17-7-15(3-4-16(12)17)29-21-24-19-18(31-21)2-1-5-23-19/h1-5,7,11,13-14H,6,8-10H2,(H2,22,27)/t13-,14-/m1/s1. The molecule has 0 aliphatic carbocycles. The first-order valence-corrected chi connectivity index (χ1v) is 10.8. The smallest absolute Gasteiger partial charge is 0.423 e. The van der Waals surface area contributed by atoms with Crippen LogP contribution in [0.4, 0.5) is 4.79 Å². The number of likely N-dealkylation sites (tertiary alicyclic amines) is 1. The summed E-state index contributed by atoms with van der Waals surface area (Å²) in [4.78, 5) is 27.2. The molecule has 2 fully saturated rings. The van der Waals surface area contributed by atoms with Gasteiger partial charge in [0, 0.05) is 42.3 Å². The number of nitrogens with two attached hydrogens (primary N) is 1. The summed E-state index contributed by atoms with van der Waals surface area (Å²) in [6.07, 6.45) is 3.74. The van der Waals surface area contributed by atoms with E-state index in [-0.39, 0.29) is 6.04 Å². The van der Waals surface area contributed by atoms with Crippen molar-refractivity contribution in [1.82, 2.24) is 19.9 Å². The molecule has 10 heteroatoms. The number of ether oxygens (including phenoxy) is 1. The van der Waals surface area contributed by atoms with Gasteiger partial charge in [-0.3, -0.25) is 4.90 Å². The van der Waals surface area contributed by atoms with Crippen molar-refractivity contribution in [2.24, 2.45) is 5.73 Å². The minimum absolute atomic E-state index is 0.193. The number of amides is 1. The van der Waals surface area contributed by atoms with Crippen molar-refractivity contribution in [2.75, 3.05) is 13.1 Å². The van der Waals surface area contributed by atoms with E-state index >= 15 is 0 Å². The van der Waals surface area contributed by atoms with Crippen LogP contribution in [0.1, 0.15) is 12.0 Å². The first-order chi connectivity index (χ1) is 15.1. The molecule has 31 heavy (non-hydrogen) atoms. The number of pyridine rings is 1. The molecule has 1 amide bonds. The second-order valence-corrected chi connectivity index (χ2v) is 8.80. The number of aromatic nitrogens is 2. The molecule has 1 aromatic carbocycles. The molecule has 158 valence electrons. The molecule has 3 aromatic heterocycles. The first-order valence-electron chi connectivity index (χ1n) is 10.00. The van der Waals surface area contributed by atoms with E-state index in [2.05, 4.69) is 14.9 Å². The average molecular weight is 437 g/mol. The largest absolute Gasteiger partial charge is 0.464 e. The monoisotopic (exact) mass is 437 g/mol. The van der Waals surface area contributed by atoms with Gasteiger partial charge in [-0.2, -0.15) is 4.98 Å². The van der Waals surface area contributed by atoms with Crippen LogP contribution in [0.2, 0.25) is 0 Å². The molecule has 2 N–H and O–H groups in total. The Morgan fingerprint density at radius 3 is 3.03 bits per heavy atom. The SMILES string of the molecule is NC(=O)ON1C[C@H]2C[C@@H]1CN2Cc1coc2cc(Oc3nc4ncccc4s3)ccc12. The zero-order valence-electron chi connectivity index (χ0n) is 16.4. The van der Waals surface area contributed by atoms with Crippen LogP contribution in [0.25, 0.3) is 21.3 Å². The lowest BCUT2D eigenvalue weighted by Crippen LogP contribution is -2.47. The Morgan fingerprint density at radius 2 is 2.23 bits per heavy atom. The molecule has 2 aliphatic rings. The fourth-order valence-corrected chi connectivity index (χ4v) is 5.29. The van der Waals surface area contributed by atoms with Crippen molar-refractivity contribution in [1.29, 1.82) is 0 Å². The Balaban J connectivity index is 1.17. The molecule has 2 atom stereocenters. The number of nitrogens with zero attached hydrogens (tertiary/aromatic N) is 4. The summed E-state index contributed by atoms with van der Waals surface area (Å²) in [5.74, 6) is 0.673. The van der Waals surface area contributed by atoms with E-state index < -0.39 is 6.09 Å². The normalized spacial score (nSPS) is 21.3. The van der Waals surface area contributed by atoms with Crippen molar-refractivity contribution in [3.05, 3.63) is 48.4 Å². The highest BCUT2D eigenvalue weighted by atomic mass is 32.1. The van der Waals surface area contributed by atoms with E-state index in [9.17, 15) is 4.79 Å². The van der Waals surface area contributed by atoms with E-state index in [0.29, 0.717) is 29.2 Å². The van der Waals surface area contributed by atoms with E-state index in [0.717, 1.165) is 40.7 Å². The highest BCUT2D eigenvalue weighted by Crippen LogP contribution is 2.35. The topological polar surface area (TPSA) is 107 Å². The van der Waals surface area contributed by atoms with Crippen LogP contribution in [0, 0.1) is 0 Å². The van der Waals surface area contributed by atoms with Crippen LogP contribution in [0.5, 0.6) is 10.9 Å². The third-order valence-electron chi connectivity index (χ3n) is 5.86. The van der Waals surface area contributed by atoms with Gasteiger partial charge in [-0.25, -0.2) is 9.78 Å². The third kappa shape index (κ3) is 3.38.